The Bertz CT molecular complexity index is 896. The fourth-order valence-corrected chi connectivity index (χ4v) is 9.56. The van der Waals surface area contributed by atoms with Crippen molar-refractivity contribution < 1.29 is 14.0 Å². The van der Waals surface area contributed by atoms with Crippen LogP contribution < -0.4 is 15.7 Å². The van der Waals surface area contributed by atoms with E-state index in [0.29, 0.717) is 6.04 Å². The highest BCUT2D eigenvalue weighted by molar-refractivity contribution is 6.99. The number of rotatable bonds is 7. The molecule has 0 saturated carbocycles. The largest absolute Gasteiger partial charge is 0.458 e. The third-order valence-electron chi connectivity index (χ3n) is 6.60. The van der Waals surface area contributed by atoms with Crippen LogP contribution in [0.15, 0.2) is 60.7 Å². The van der Waals surface area contributed by atoms with Crippen LogP contribution in [0, 0.1) is 0 Å². The molecule has 34 heavy (non-hydrogen) atoms. The first-order valence-corrected chi connectivity index (χ1v) is 14.2. The van der Waals surface area contributed by atoms with E-state index in [9.17, 15) is 4.79 Å². The quantitative estimate of drug-likeness (QED) is 0.483. The van der Waals surface area contributed by atoms with Crippen LogP contribution >= 0.6 is 0 Å². The average molecular weight is 483 g/mol. The maximum absolute atomic E-state index is 13.7. The Hall–Kier alpha value is -1.99. The highest BCUT2D eigenvalue weighted by atomic mass is 28.4. The van der Waals surface area contributed by atoms with Gasteiger partial charge in [0.05, 0.1) is 0 Å². The van der Waals surface area contributed by atoms with Crippen molar-refractivity contribution in [3.63, 3.8) is 0 Å². The lowest BCUT2D eigenvalue weighted by Crippen LogP contribution is -2.69. The Balaban J connectivity index is 2.15. The minimum Gasteiger partial charge on any atom is -0.458 e. The van der Waals surface area contributed by atoms with Gasteiger partial charge in [0.2, 0.25) is 0 Å². The van der Waals surface area contributed by atoms with Gasteiger partial charge in [0.1, 0.15) is 5.60 Å². The van der Waals surface area contributed by atoms with E-state index in [-0.39, 0.29) is 17.0 Å². The van der Waals surface area contributed by atoms with E-state index >= 15 is 0 Å². The first-order chi connectivity index (χ1) is 15.8. The normalized spacial score (nSPS) is 20.4. The lowest BCUT2D eigenvalue weighted by atomic mass is 10.1. The maximum atomic E-state index is 13.7. The fourth-order valence-electron chi connectivity index (χ4n) is 4.91. The van der Waals surface area contributed by atoms with E-state index < -0.39 is 20.0 Å². The Morgan fingerprint density at radius 1 is 0.941 bits per heavy atom. The molecule has 1 aliphatic rings. The minimum atomic E-state index is -2.92. The predicted octanol–water partition coefficient (Wildman–Crippen LogP) is 3.57. The van der Waals surface area contributed by atoms with Gasteiger partial charge in [-0.15, -0.1) is 0 Å². The number of hydrogen-bond donors (Lipinski definition) is 1. The summed E-state index contributed by atoms with van der Waals surface area (Å²) in [6.07, 6.45) is 0.116. The summed E-state index contributed by atoms with van der Waals surface area (Å²) in [4.78, 5) is 15.9. The molecule has 1 N–H and O–H groups in total. The molecule has 2 aromatic carbocycles. The molecule has 0 aromatic heterocycles. The molecule has 3 rings (SSSR count). The molecule has 0 spiro atoms. The van der Waals surface area contributed by atoms with Gasteiger partial charge in [-0.05, 0) is 56.7 Å². The summed E-state index contributed by atoms with van der Waals surface area (Å²) < 4.78 is 13.2. The topological polar surface area (TPSA) is 50.8 Å². The van der Waals surface area contributed by atoms with Crippen LogP contribution in [0.25, 0.3) is 0 Å². The summed E-state index contributed by atoms with van der Waals surface area (Å²) in [5, 5.41) is 5.67. The van der Waals surface area contributed by atoms with Crippen LogP contribution in [0.4, 0.5) is 0 Å². The van der Waals surface area contributed by atoms with Crippen LogP contribution in [0.1, 0.15) is 48.0 Å². The minimum absolute atomic E-state index is 0.121. The van der Waals surface area contributed by atoms with E-state index in [4.69, 9.17) is 9.16 Å². The summed E-state index contributed by atoms with van der Waals surface area (Å²) in [5.74, 6) is -0.294. The van der Waals surface area contributed by atoms with E-state index in [1.807, 2.05) is 32.9 Å². The molecule has 1 heterocycles. The van der Waals surface area contributed by atoms with Gasteiger partial charge in [-0.1, -0.05) is 81.4 Å². The van der Waals surface area contributed by atoms with Gasteiger partial charge in [-0.25, -0.2) is 4.79 Å². The van der Waals surface area contributed by atoms with Crippen LogP contribution in [0.3, 0.4) is 0 Å². The molecule has 3 atom stereocenters. The monoisotopic (exact) mass is 482 g/mol. The molecule has 0 amide bonds. The van der Waals surface area contributed by atoms with Crippen molar-refractivity contribution >= 4 is 24.7 Å². The van der Waals surface area contributed by atoms with Crippen molar-refractivity contribution in [1.82, 2.24) is 10.2 Å². The Labute approximate surface area is 207 Å². The summed E-state index contributed by atoms with van der Waals surface area (Å²) >= 11 is 0. The lowest BCUT2D eigenvalue weighted by Gasteiger charge is -2.45. The maximum Gasteiger partial charge on any atom is 0.336 e. The number of carbonyl (C=O) groups excluding carboxylic acids is 1. The van der Waals surface area contributed by atoms with Crippen molar-refractivity contribution in [2.45, 2.75) is 76.8 Å². The molecule has 1 saturated heterocycles. The van der Waals surface area contributed by atoms with Gasteiger partial charge in [0.25, 0.3) is 8.32 Å². The van der Waals surface area contributed by atoms with Gasteiger partial charge in [-0.3, -0.25) is 0 Å². The number of benzene rings is 2. The van der Waals surface area contributed by atoms with Crippen molar-refractivity contribution in [3.05, 3.63) is 60.7 Å². The predicted molar refractivity (Wildman–Crippen MR) is 142 cm³/mol. The van der Waals surface area contributed by atoms with Gasteiger partial charge < -0.3 is 19.4 Å². The standard InChI is InChI=1S/C28H42N2O3Si/c1-27(2,3)32-26(31)25(24-19-21(20-29-24)30(7)8)33-34(28(4,5)6,22-15-11-9-12-16-22)23-17-13-10-14-18-23/h9-18,21,24-25,29H,19-20H2,1-8H3/t21-,24-,25?/m0/s1. The molecule has 186 valence electrons. The van der Waals surface area contributed by atoms with Crippen LogP contribution in [-0.4, -0.2) is 63.6 Å². The number of nitrogens with zero attached hydrogens (tertiary/aromatic N) is 1. The van der Waals surface area contributed by atoms with Crippen molar-refractivity contribution in [2.75, 3.05) is 20.6 Å². The number of hydrogen-bond acceptors (Lipinski definition) is 5. The van der Waals surface area contributed by atoms with Gasteiger partial charge in [-0.2, -0.15) is 0 Å². The first kappa shape index (κ1) is 26.6. The Kier molecular flexibility index (Phi) is 8.08. The number of ether oxygens (including phenoxy) is 1. The molecule has 1 aliphatic heterocycles. The second kappa shape index (κ2) is 10.3. The lowest BCUT2D eigenvalue weighted by molar-refractivity contribution is -0.165. The van der Waals surface area contributed by atoms with Gasteiger partial charge >= 0.3 is 5.97 Å². The molecular formula is C28H42N2O3Si. The van der Waals surface area contributed by atoms with Crippen LogP contribution in [-0.2, 0) is 14.0 Å². The van der Waals surface area contributed by atoms with E-state index in [1.165, 1.54) is 0 Å². The zero-order valence-electron chi connectivity index (χ0n) is 22.1. The Morgan fingerprint density at radius 2 is 1.44 bits per heavy atom. The number of nitrogens with one attached hydrogen (secondary N) is 1. The molecule has 0 radical (unpaired) electrons. The summed E-state index contributed by atoms with van der Waals surface area (Å²) in [6, 6.07) is 21.2. The van der Waals surface area contributed by atoms with Gasteiger partial charge in [0.15, 0.2) is 6.10 Å². The molecule has 0 aliphatic carbocycles. The Morgan fingerprint density at radius 3 is 1.82 bits per heavy atom. The fraction of sp³-hybridized carbons (Fsp3) is 0.536. The van der Waals surface area contributed by atoms with Crippen LogP contribution in [0.5, 0.6) is 0 Å². The highest BCUT2D eigenvalue weighted by Gasteiger charge is 2.54. The molecule has 1 fully saturated rings. The first-order valence-electron chi connectivity index (χ1n) is 12.3. The number of esters is 1. The molecule has 0 bridgehead atoms. The van der Waals surface area contributed by atoms with E-state index in [1.54, 1.807) is 0 Å². The van der Waals surface area contributed by atoms with Crippen molar-refractivity contribution in [1.29, 1.82) is 0 Å². The third-order valence-corrected chi connectivity index (χ3v) is 11.6. The van der Waals surface area contributed by atoms with Crippen molar-refractivity contribution in [2.24, 2.45) is 0 Å². The third kappa shape index (κ3) is 5.79. The van der Waals surface area contributed by atoms with Gasteiger partial charge in [0, 0.05) is 18.6 Å². The molecule has 6 heteroatoms. The van der Waals surface area contributed by atoms with E-state index in [2.05, 4.69) is 93.6 Å². The number of carbonyl (C=O) groups is 1. The van der Waals surface area contributed by atoms with Crippen molar-refractivity contribution in [3.8, 4) is 0 Å². The zero-order valence-corrected chi connectivity index (χ0v) is 23.1. The van der Waals surface area contributed by atoms with E-state index in [0.717, 1.165) is 23.3 Å². The SMILES string of the molecule is CN(C)[C@@H]1CN[C@H](C(O[Si](c2ccccc2)(c2ccccc2)C(C)(C)C)C(=O)OC(C)(C)C)C1. The summed E-state index contributed by atoms with van der Waals surface area (Å²) in [5.41, 5.74) is -0.594. The second-order valence-corrected chi connectivity index (χ2v) is 15.9. The summed E-state index contributed by atoms with van der Waals surface area (Å²) in [6.45, 7) is 13.3. The second-order valence-electron chi connectivity index (χ2n) is 11.6. The zero-order chi connectivity index (χ0) is 25.1. The van der Waals surface area contributed by atoms with Crippen LogP contribution in [0.2, 0.25) is 5.04 Å². The smallest absolute Gasteiger partial charge is 0.336 e. The molecule has 1 unspecified atom stereocenters. The summed E-state index contributed by atoms with van der Waals surface area (Å²) in [7, 11) is 1.25. The average Bonchev–Trinajstić information content (AvgIpc) is 3.24. The number of likely N-dealkylation sites (N-methyl/N-ethyl adjacent to an activating group) is 1. The highest BCUT2D eigenvalue weighted by Crippen LogP contribution is 2.38. The molecular weight excluding hydrogens is 440 g/mol. The molecule has 2 aromatic rings. The molecule has 5 nitrogen and oxygen atoms in total.